The number of anilines is 1. The van der Waals surface area contributed by atoms with Crippen molar-refractivity contribution >= 4 is 23.4 Å². The van der Waals surface area contributed by atoms with Gasteiger partial charge in [-0.3, -0.25) is 19.2 Å². The molecule has 0 saturated heterocycles. The van der Waals surface area contributed by atoms with E-state index in [0.717, 1.165) is 5.56 Å². The van der Waals surface area contributed by atoms with Crippen LogP contribution in [-0.4, -0.2) is 22.8 Å². The molecule has 3 amide bonds. The van der Waals surface area contributed by atoms with Crippen molar-refractivity contribution < 1.29 is 23.6 Å². The number of hydroxylamine groups is 2. The molecule has 0 aromatic heterocycles. The fourth-order valence-corrected chi connectivity index (χ4v) is 3.24. The second-order valence-electron chi connectivity index (χ2n) is 6.71. The summed E-state index contributed by atoms with van der Waals surface area (Å²) in [6, 6.07) is 20.6. The van der Waals surface area contributed by atoms with Gasteiger partial charge >= 0.3 is 0 Å². The van der Waals surface area contributed by atoms with Crippen LogP contribution in [0.15, 0.2) is 78.9 Å². The van der Waals surface area contributed by atoms with Gasteiger partial charge in [0.05, 0.1) is 0 Å². The number of rotatable bonds is 5. The van der Waals surface area contributed by atoms with E-state index >= 15 is 0 Å². The van der Waals surface area contributed by atoms with Crippen LogP contribution in [0.5, 0.6) is 0 Å². The zero-order chi connectivity index (χ0) is 21.1. The van der Waals surface area contributed by atoms with Gasteiger partial charge in [-0.15, -0.1) is 5.06 Å². The van der Waals surface area contributed by atoms with Crippen LogP contribution in [0.25, 0.3) is 0 Å². The second kappa shape index (κ2) is 8.26. The Morgan fingerprint density at radius 1 is 0.933 bits per heavy atom. The number of halogens is 1. The first-order valence-corrected chi connectivity index (χ1v) is 9.25. The minimum absolute atomic E-state index is 0.00715. The van der Waals surface area contributed by atoms with Gasteiger partial charge in [0.1, 0.15) is 18.3 Å². The molecule has 150 valence electrons. The summed E-state index contributed by atoms with van der Waals surface area (Å²) in [7, 11) is 0. The molecule has 1 unspecified atom stereocenters. The van der Waals surface area contributed by atoms with Crippen LogP contribution in [-0.2, 0) is 21.0 Å². The predicted molar refractivity (Wildman–Crippen MR) is 107 cm³/mol. The molecule has 1 aliphatic heterocycles. The van der Waals surface area contributed by atoms with Crippen LogP contribution in [0, 0.1) is 5.82 Å². The van der Waals surface area contributed by atoms with Crippen LogP contribution in [0.2, 0.25) is 0 Å². The molecule has 1 heterocycles. The number of imide groups is 1. The van der Waals surface area contributed by atoms with Crippen molar-refractivity contribution in [2.45, 2.75) is 12.5 Å². The Morgan fingerprint density at radius 3 is 2.33 bits per heavy atom. The Balaban J connectivity index is 1.62. The van der Waals surface area contributed by atoms with Gasteiger partial charge < -0.3 is 5.32 Å². The Morgan fingerprint density at radius 2 is 1.60 bits per heavy atom. The summed E-state index contributed by atoms with van der Waals surface area (Å²) >= 11 is 0. The van der Waals surface area contributed by atoms with E-state index in [9.17, 15) is 18.8 Å². The molecule has 0 fully saturated rings. The number of benzene rings is 3. The van der Waals surface area contributed by atoms with Crippen molar-refractivity contribution in [3.63, 3.8) is 0 Å². The first-order chi connectivity index (χ1) is 14.5. The smallest absolute Gasteiger partial charge is 0.285 e. The van der Waals surface area contributed by atoms with Gasteiger partial charge in [0.2, 0.25) is 5.91 Å². The highest BCUT2D eigenvalue weighted by Crippen LogP contribution is 2.31. The number of hydrogen-bond donors (Lipinski definition) is 1. The lowest BCUT2D eigenvalue weighted by Crippen LogP contribution is -2.47. The molecule has 6 nitrogen and oxygen atoms in total. The molecule has 0 bridgehead atoms. The molecule has 4 rings (SSSR count). The SMILES string of the molecule is O=C(Nc1ccc(F)cc1)C1C(=O)N(OCc2ccccc2)C(=O)c2ccccc21. The summed E-state index contributed by atoms with van der Waals surface area (Å²) in [5.74, 6) is -3.77. The molecule has 0 aliphatic carbocycles. The van der Waals surface area contributed by atoms with Crippen LogP contribution >= 0.6 is 0 Å². The van der Waals surface area contributed by atoms with E-state index in [1.165, 1.54) is 24.3 Å². The summed E-state index contributed by atoms with van der Waals surface area (Å²) in [6.45, 7) is -0.00715. The van der Waals surface area contributed by atoms with E-state index in [1.54, 1.807) is 36.4 Å². The zero-order valence-corrected chi connectivity index (χ0v) is 15.7. The Bertz CT molecular complexity index is 1100. The third kappa shape index (κ3) is 3.83. The molecule has 3 aromatic rings. The van der Waals surface area contributed by atoms with Crippen LogP contribution in [0.3, 0.4) is 0 Å². The number of nitrogens with one attached hydrogen (secondary N) is 1. The number of fused-ring (bicyclic) bond motifs is 1. The van der Waals surface area contributed by atoms with E-state index < -0.39 is 29.5 Å². The Labute approximate surface area is 171 Å². The Kier molecular flexibility index (Phi) is 5.36. The number of nitrogens with zero attached hydrogens (tertiary/aromatic N) is 1. The van der Waals surface area contributed by atoms with Gasteiger partial charge in [0.15, 0.2) is 0 Å². The zero-order valence-electron chi connectivity index (χ0n) is 15.7. The maximum Gasteiger partial charge on any atom is 0.285 e. The topological polar surface area (TPSA) is 75.7 Å². The molecule has 0 spiro atoms. The number of amides is 3. The van der Waals surface area contributed by atoms with Crippen molar-refractivity contribution in [3.8, 4) is 0 Å². The van der Waals surface area contributed by atoms with E-state index in [0.29, 0.717) is 16.3 Å². The number of carbonyl (C=O) groups excluding carboxylic acids is 3. The van der Waals surface area contributed by atoms with Crippen molar-refractivity contribution in [3.05, 3.63) is 101 Å². The average molecular weight is 404 g/mol. The highest BCUT2D eigenvalue weighted by molar-refractivity contribution is 6.20. The Hall–Kier alpha value is -3.84. The van der Waals surface area contributed by atoms with Crippen molar-refractivity contribution in [2.24, 2.45) is 0 Å². The highest BCUT2D eigenvalue weighted by atomic mass is 19.1. The standard InChI is InChI=1S/C23H17FN2O4/c24-16-10-12-17(13-11-16)25-21(27)20-18-8-4-5-9-19(18)22(28)26(23(20)29)30-14-15-6-2-1-3-7-15/h1-13,20H,14H2,(H,25,27). The number of hydrogen-bond acceptors (Lipinski definition) is 4. The molecule has 3 aromatic carbocycles. The van der Waals surface area contributed by atoms with Crippen LogP contribution in [0.4, 0.5) is 10.1 Å². The maximum absolute atomic E-state index is 13.1. The molecule has 1 N–H and O–H groups in total. The van der Waals surface area contributed by atoms with Crippen LogP contribution < -0.4 is 5.32 Å². The highest BCUT2D eigenvalue weighted by Gasteiger charge is 2.43. The maximum atomic E-state index is 13.1. The third-order valence-electron chi connectivity index (χ3n) is 4.71. The van der Waals surface area contributed by atoms with Crippen molar-refractivity contribution in [1.82, 2.24) is 5.06 Å². The van der Waals surface area contributed by atoms with Gasteiger partial charge in [-0.1, -0.05) is 48.5 Å². The molecular weight excluding hydrogens is 387 g/mol. The predicted octanol–water partition coefficient (Wildman–Crippen LogP) is 3.66. The van der Waals surface area contributed by atoms with Gasteiger partial charge in [0, 0.05) is 11.3 Å². The summed E-state index contributed by atoms with van der Waals surface area (Å²) in [6.07, 6.45) is 0. The van der Waals surface area contributed by atoms with Gasteiger partial charge in [0.25, 0.3) is 11.8 Å². The first-order valence-electron chi connectivity index (χ1n) is 9.25. The van der Waals surface area contributed by atoms with E-state index in [1.807, 2.05) is 18.2 Å². The summed E-state index contributed by atoms with van der Waals surface area (Å²) in [5.41, 5.74) is 1.61. The molecule has 1 aliphatic rings. The monoisotopic (exact) mass is 404 g/mol. The molecule has 0 saturated carbocycles. The fourth-order valence-electron chi connectivity index (χ4n) is 3.24. The summed E-state index contributed by atoms with van der Waals surface area (Å²) in [4.78, 5) is 44.3. The second-order valence-corrected chi connectivity index (χ2v) is 6.71. The molecule has 0 radical (unpaired) electrons. The lowest BCUT2D eigenvalue weighted by Gasteiger charge is -2.30. The van der Waals surface area contributed by atoms with E-state index in [-0.39, 0.29) is 12.2 Å². The van der Waals surface area contributed by atoms with E-state index in [4.69, 9.17) is 4.84 Å². The summed E-state index contributed by atoms with van der Waals surface area (Å²) in [5, 5.41) is 3.24. The fraction of sp³-hybridized carbons (Fsp3) is 0.0870. The lowest BCUT2D eigenvalue weighted by atomic mass is 9.88. The number of carbonyl (C=O) groups is 3. The van der Waals surface area contributed by atoms with E-state index in [2.05, 4.69) is 5.32 Å². The first kappa shape index (κ1) is 19.5. The van der Waals surface area contributed by atoms with Crippen LogP contribution in [0.1, 0.15) is 27.4 Å². The van der Waals surface area contributed by atoms with Crippen molar-refractivity contribution in [2.75, 3.05) is 5.32 Å². The summed E-state index contributed by atoms with van der Waals surface area (Å²) < 4.78 is 13.1. The van der Waals surface area contributed by atoms with Gasteiger partial charge in [-0.25, -0.2) is 4.39 Å². The normalized spacial score (nSPS) is 15.6. The molecule has 1 atom stereocenters. The van der Waals surface area contributed by atoms with Gasteiger partial charge in [-0.2, -0.15) is 0 Å². The quantitative estimate of drug-likeness (QED) is 0.520. The minimum Gasteiger partial charge on any atom is -0.325 e. The third-order valence-corrected chi connectivity index (χ3v) is 4.71. The minimum atomic E-state index is -1.28. The molecular formula is C23H17FN2O4. The average Bonchev–Trinajstić information content (AvgIpc) is 2.76. The van der Waals surface area contributed by atoms with Gasteiger partial charge in [-0.05, 0) is 41.5 Å². The lowest BCUT2D eigenvalue weighted by molar-refractivity contribution is -0.177. The molecule has 7 heteroatoms. The van der Waals surface area contributed by atoms with Crippen molar-refractivity contribution in [1.29, 1.82) is 0 Å². The largest absolute Gasteiger partial charge is 0.325 e. The molecule has 30 heavy (non-hydrogen) atoms.